The minimum absolute atomic E-state index is 0.256. The molecule has 1 fully saturated rings. The van der Waals surface area contributed by atoms with Crippen LogP contribution in [-0.2, 0) is 21.6 Å². The van der Waals surface area contributed by atoms with Gasteiger partial charge in [0, 0.05) is 11.0 Å². The first-order valence-electron chi connectivity index (χ1n) is 5.24. The minimum atomic E-state index is -1.35. The van der Waals surface area contributed by atoms with Crippen molar-refractivity contribution in [3.8, 4) is 0 Å². The van der Waals surface area contributed by atoms with Crippen LogP contribution in [0.5, 0.6) is 0 Å². The second-order valence-electron chi connectivity index (χ2n) is 4.47. The third kappa shape index (κ3) is 1.27. The van der Waals surface area contributed by atoms with Crippen molar-refractivity contribution in [2.45, 2.75) is 24.4 Å². The number of rotatable bonds is 1. The summed E-state index contributed by atoms with van der Waals surface area (Å²) in [5.41, 5.74) is 1.74. The molecule has 3 nitrogen and oxygen atoms in total. The SMILES string of the molecule is [B]C1([B])OC1([B])c1ccc2c(c1C)COC2=O. The molecular weight excluding hydrogens is 213 g/mol. The van der Waals surface area contributed by atoms with E-state index in [0.29, 0.717) is 11.1 Å². The zero-order valence-electron chi connectivity index (χ0n) is 9.32. The van der Waals surface area contributed by atoms with Gasteiger partial charge < -0.3 is 9.47 Å². The standard InChI is InChI=1S/C11H7B3O3/c1-5-7-4-16-9(15)6(7)2-3-8(5)10(12)11(13,14)17-10/h2-3H,4H2,1H3. The molecule has 1 saturated heterocycles. The van der Waals surface area contributed by atoms with Gasteiger partial charge in [0.15, 0.2) is 0 Å². The molecule has 0 N–H and O–H groups in total. The molecule has 78 valence electrons. The van der Waals surface area contributed by atoms with Crippen molar-refractivity contribution in [2.75, 3.05) is 0 Å². The average molecular weight is 220 g/mol. The third-order valence-corrected chi connectivity index (χ3v) is 3.43. The van der Waals surface area contributed by atoms with Crippen molar-refractivity contribution in [2.24, 2.45) is 0 Å². The van der Waals surface area contributed by atoms with E-state index in [1.165, 1.54) is 0 Å². The van der Waals surface area contributed by atoms with Crippen molar-refractivity contribution >= 4 is 29.5 Å². The van der Waals surface area contributed by atoms with E-state index in [1.54, 1.807) is 12.1 Å². The molecule has 2 aliphatic rings. The van der Waals surface area contributed by atoms with Crippen LogP contribution < -0.4 is 0 Å². The number of epoxide rings is 1. The Morgan fingerprint density at radius 3 is 2.53 bits per heavy atom. The van der Waals surface area contributed by atoms with Crippen LogP contribution in [-0.4, -0.2) is 34.9 Å². The molecule has 1 aromatic carbocycles. The first-order chi connectivity index (χ1) is 7.87. The van der Waals surface area contributed by atoms with Crippen molar-refractivity contribution < 1.29 is 14.3 Å². The Labute approximate surface area is 103 Å². The van der Waals surface area contributed by atoms with E-state index in [1.807, 2.05) is 6.92 Å². The van der Waals surface area contributed by atoms with E-state index in [-0.39, 0.29) is 12.6 Å². The van der Waals surface area contributed by atoms with Crippen LogP contribution in [0.1, 0.15) is 27.0 Å². The molecular formula is C11H7B3O3. The summed E-state index contributed by atoms with van der Waals surface area (Å²) in [5.74, 6) is -0.316. The third-order valence-electron chi connectivity index (χ3n) is 3.43. The van der Waals surface area contributed by atoms with Gasteiger partial charge >= 0.3 is 5.97 Å². The van der Waals surface area contributed by atoms with E-state index in [2.05, 4.69) is 0 Å². The molecule has 0 aromatic heterocycles. The van der Waals surface area contributed by atoms with E-state index in [4.69, 9.17) is 33.0 Å². The van der Waals surface area contributed by atoms with Crippen molar-refractivity contribution in [1.82, 2.24) is 0 Å². The number of carbonyl (C=O) groups is 1. The van der Waals surface area contributed by atoms with Gasteiger partial charge in [-0.05, 0) is 24.1 Å². The summed E-state index contributed by atoms with van der Waals surface area (Å²) in [5, 5.41) is -1.35. The number of benzene rings is 1. The molecule has 17 heavy (non-hydrogen) atoms. The van der Waals surface area contributed by atoms with Gasteiger partial charge in [0.25, 0.3) is 0 Å². The van der Waals surface area contributed by atoms with Gasteiger partial charge in [-0.3, -0.25) is 0 Å². The first-order valence-corrected chi connectivity index (χ1v) is 5.24. The quantitative estimate of drug-likeness (QED) is 0.379. The summed E-state index contributed by atoms with van der Waals surface area (Å²) in [6.07, 6.45) is 0. The zero-order valence-corrected chi connectivity index (χ0v) is 9.32. The van der Waals surface area contributed by atoms with Crippen LogP contribution >= 0.6 is 0 Å². The predicted octanol–water partition coefficient (Wildman–Crippen LogP) is 0.00772. The molecule has 0 spiro atoms. The average Bonchev–Trinajstić information content (AvgIpc) is 2.58. The zero-order chi connectivity index (χ0) is 12.4. The minimum Gasteiger partial charge on any atom is -0.457 e. The molecule has 0 amide bonds. The topological polar surface area (TPSA) is 38.8 Å². The summed E-state index contributed by atoms with van der Waals surface area (Å²) in [6.45, 7) is 2.11. The summed E-state index contributed by atoms with van der Waals surface area (Å²) in [7, 11) is 17.3. The largest absolute Gasteiger partial charge is 0.457 e. The molecule has 6 radical (unpaired) electrons. The second kappa shape index (κ2) is 2.99. The lowest BCUT2D eigenvalue weighted by Gasteiger charge is -2.15. The lowest BCUT2D eigenvalue weighted by Crippen LogP contribution is -2.26. The highest BCUT2D eigenvalue weighted by Gasteiger charge is 2.59. The number of fused-ring (bicyclic) bond motifs is 1. The van der Waals surface area contributed by atoms with Crippen molar-refractivity contribution in [3.63, 3.8) is 0 Å². The van der Waals surface area contributed by atoms with Crippen molar-refractivity contribution in [3.05, 3.63) is 34.4 Å². The molecule has 3 rings (SSSR count). The number of hydrogen-bond acceptors (Lipinski definition) is 3. The van der Waals surface area contributed by atoms with Gasteiger partial charge in [-0.2, -0.15) is 0 Å². The molecule has 1 unspecified atom stereocenters. The Morgan fingerprint density at radius 1 is 1.29 bits per heavy atom. The smallest absolute Gasteiger partial charge is 0.338 e. The summed E-state index contributed by atoms with van der Waals surface area (Å²) >= 11 is 0. The van der Waals surface area contributed by atoms with Gasteiger partial charge in [0.2, 0.25) is 0 Å². The number of carbonyl (C=O) groups excluding carboxylic acids is 1. The van der Waals surface area contributed by atoms with E-state index >= 15 is 0 Å². The van der Waals surface area contributed by atoms with E-state index < -0.39 is 10.9 Å². The molecule has 6 heteroatoms. The molecule has 2 heterocycles. The number of esters is 1. The van der Waals surface area contributed by atoms with Gasteiger partial charge in [0.1, 0.15) is 30.1 Å². The maximum atomic E-state index is 11.4. The molecule has 2 aliphatic heterocycles. The molecule has 0 bridgehead atoms. The maximum Gasteiger partial charge on any atom is 0.338 e. The number of cyclic esters (lactones) is 1. The Balaban J connectivity index is 2.14. The maximum absolute atomic E-state index is 11.4. The molecule has 1 aromatic rings. The van der Waals surface area contributed by atoms with Crippen LogP contribution in [0.2, 0.25) is 0 Å². The fraction of sp³-hybridized carbons (Fsp3) is 0.364. The highest BCUT2D eigenvalue weighted by molar-refractivity contribution is 6.47. The van der Waals surface area contributed by atoms with Gasteiger partial charge in [-0.1, -0.05) is 6.07 Å². The second-order valence-corrected chi connectivity index (χ2v) is 4.47. The van der Waals surface area contributed by atoms with Crippen LogP contribution in [0.3, 0.4) is 0 Å². The lowest BCUT2D eigenvalue weighted by atomic mass is 9.54. The summed E-state index contributed by atoms with van der Waals surface area (Å²) in [4.78, 5) is 11.4. The Morgan fingerprint density at radius 2 is 1.94 bits per heavy atom. The summed E-state index contributed by atoms with van der Waals surface area (Å²) < 4.78 is 10.1. The number of ether oxygens (including phenoxy) is 2. The highest BCUT2D eigenvalue weighted by atomic mass is 16.6. The van der Waals surface area contributed by atoms with Crippen LogP contribution in [0.25, 0.3) is 0 Å². The fourth-order valence-electron chi connectivity index (χ4n) is 2.26. The lowest BCUT2D eigenvalue weighted by molar-refractivity contribution is 0.0535. The Bertz CT molecular complexity index is 541. The molecule has 0 saturated carbocycles. The van der Waals surface area contributed by atoms with Gasteiger partial charge in [-0.25, -0.2) is 4.79 Å². The van der Waals surface area contributed by atoms with Crippen molar-refractivity contribution in [1.29, 1.82) is 0 Å². The Kier molecular flexibility index (Phi) is 1.93. The highest BCUT2D eigenvalue weighted by Crippen LogP contribution is 2.50. The van der Waals surface area contributed by atoms with Crippen LogP contribution in [0, 0.1) is 6.92 Å². The fourth-order valence-corrected chi connectivity index (χ4v) is 2.26. The Hall–Kier alpha value is -1.16. The first kappa shape index (κ1) is 11.0. The monoisotopic (exact) mass is 220 g/mol. The number of hydrogen-bond donors (Lipinski definition) is 0. The molecule has 1 atom stereocenters. The normalized spacial score (nSPS) is 28.6. The van der Waals surface area contributed by atoms with E-state index in [9.17, 15) is 4.79 Å². The molecule has 0 aliphatic carbocycles. The predicted molar refractivity (Wildman–Crippen MR) is 63.1 cm³/mol. The van der Waals surface area contributed by atoms with Crippen LogP contribution in [0.15, 0.2) is 12.1 Å². The van der Waals surface area contributed by atoms with Crippen LogP contribution in [0.4, 0.5) is 0 Å². The van der Waals surface area contributed by atoms with Gasteiger partial charge in [0.05, 0.1) is 11.1 Å². The summed E-state index contributed by atoms with van der Waals surface area (Å²) in [6, 6.07) is 3.38. The van der Waals surface area contributed by atoms with Gasteiger partial charge in [-0.15, -0.1) is 0 Å². The van der Waals surface area contributed by atoms with E-state index in [0.717, 1.165) is 11.1 Å².